The molecule has 0 aliphatic carbocycles. The number of hydrogen-bond acceptors (Lipinski definition) is 4. The molecular weight excluding hydrogens is 438 g/mol. The number of imidazole rings is 1. The topological polar surface area (TPSA) is 82.3 Å². The molecule has 3 rings (SSSR count). The maximum Gasteiger partial charge on any atom is 0.329 e. The summed E-state index contributed by atoms with van der Waals surface area (Å²) in [4.78, 5) is 37.1. The lowest BCUT2D eigenvalue weighted by atomic mass is 10.2. The van der Waals surface area contributed by atoms with E-state index in [-0.39, 0.29) is 12.2 Å². The zero-order chi connectivity index (χ0) is 21.0. The molecule has 0 aliphatic rings. The summed E-state index contributed by atoms with van der Waals surface area (Å²) < 4.78 is 9.02. The molecule has 1 N–H and O–H groups in total. The third-order valence-corrected chi connectivity index (χ3v) is 4.98. The number of carbonyl (C=O) groups excluding carboxylic acids is 2. The lowest BCUT2D eigenvalue weighted by Gasteiger charge is -2.09. The van der Waals surface area contributed by atoms with Gasteiger partial charge in [-0.1, -0.05) is 35.0 Å². The van der Waals surface area contributed by atoms with E-state index in [2.05, 4.69) is 21.2 Å². The van der Waals surface area contributed by atoms with Gasteiger partial charge in [-0.15, -0.1) is 0 Å². The van der Waals surface area contributed by atoms with Gasteiger partial charge in [0.2, 0.25) is 0 Å². The summed E-state index contributed by atoms with van der Waals surface area (Å²) in [5.74, 6) is -1.08. The second-order valence-corrected chi connectivity index (χ2v) is 7.59. The zero-order valence-electron chi connectivity index (χ0n) is 16.3. The van der Waals surface area contributed by atoms with Crippen molar-refractivity contribution in [1.29, 1.82) is 0 Å². The van der Waals surface area contributed by atoms with Crippen molar-refractivity contribution in [1.82, 2.24) is 9.13 Å². The van der Waals surface area contributed by atoms with Crippen molar-refractivity contribution in [3.8, 4) is 0 Å². The number of fused-ring (bicyclic) bond motifs is 1. The molecule has 1 amide bonds. The van der Waals surface area contributed by atoms with Crippen LogP contribution in [0.5, 0.6) is 0 Å². The van der Waals surface area contributed by atoms with Crippen molar-refractivity contribution in [3.05, 3.63) is 63.0 Å². The van der Waals surface area contributed by atoms with Crippen LogP contribution in [-0.4, -0.2) is 27.6 Å². The van der Waals surface area contributed by atoms with E-state index in [0.29, 0.717) is 17.7 Å². The number of rotatable bonds is 7. The number of esters is 1. The van der Waals surface area contributed by atoms with Crippen LogP contribution in [0.2, 0.25) is 0 Å². The van der Waals surface area contributed by atoms with Gasteiger partial charge in [0.05, 0.1) is 11.0 Å². The first kappa shape index (κ1) is 20.9. The van der Waals surface area contributed by atoms with Crippen molar-refractivity contribution in [2.24, 2.45) is 0 Å². The Labute approximate surface area is 176 Å². The fourth-order valence-corrected chi connectivity index (χ4v) is 3.61. The molecular formula is C21H22BrN3O4. The van der Waals surface area contributed by atoms with Crippen molar-refractivity contribution >= 4 is 44.5 Å². The molecule has 0 saturated heterocycles. The van der Waals surface area contributed by atoms with Crippen LogP contribution in [0.25, 0.3) is 11.0 Å². The molecule has 8 heteroatoms. The fraction of sp³-hybridized carbons (Fsp3) is 0.286. The molecule has 7 nitrogen and oxygen atoms in total. The Balaban J connectivity index is 1.66. The number of aryl methyl sites for hydroxylation is 2. The summed E-state index contributed by atoms with van der Waals surface area (Å²) in [7, 11) is 0. The Morgan fingerprint density at radius 2 is 1.79 bits per heavy atom. The Hall–Kier alpha value is -2.87. The number of carbonyl (C=O) groups is 2. The average Bonchev–Trinajstić information content (AvgIpc) is 2.95. The van der Waals surface area contributed by atoms with Gasteiger partial charge in [-0.3, -0.25) is 18.7 Å². The summed E-state index contributed by atoms with van der Waals surface area (Å²) in [6, 6.07) is 12.8. The normalized spacial score (nSPS) is 10.9. The first-order chi connectivity index (χ1) is 13.9. The quantitative estimate of drug-likeness (QED) is 0.548. The number of halogens is 1. The van der Waals surface area contributed by atoms with E-state index in [1.54, 1.807) is 16.7 Å². The van der Waals surface area contributed by atoms with Gasteiger partial charge >= 0.3 is 11.7 Å². The van der Waals surface area contributed by atoms with Gasteiger partial charge in [-0.2, -0.15) is 0 Å². The molecule has 152 valence electrons. The molecule has 0 unspecified atom stereocenters. The summed E-state index contributed by atoms with van der Waals surface area (Å²) in [6.07, 6.45) is 0.800. The van der Waals surface area contributed by atoms with Crippen molar-refractivity contribution in [3.63, 3.8) is 0 Å². The second kappa shape index (κ2) is 9.09. The van der Waals surface area contributed by atoms with Crippen LogP contribution in [0, 0.1) is 6.92 Å². The van der Waals surface area contributed by atoms with E-state index >= 15 is 0 Å². The summed E-state index contributed by atoms with van der Waals surface area (Å²) in [6.45, 7) is 3.75. The lowest BCUT2D eigenvalue weighted by Crippen LogP contribution is -2.29. The minimum absolute atomic E-state index is 0.249. The molecule has 2 aromatic carbocycles. The van der Waals surface area contributed by atoms with Crippen LogP contribution in [0.1, 0.15) is 18.9 Å². The van der Waals surface area contributed by atoms with E-state index in [1.165, 1.54) is 4.57 Å². The number of anilines is 1. The number of amides is 1. The van der Waals surface area contributed by atoms with Crippen molar-refractivity contribution in [2.75, 3.05) is 11.9 Å². The standard InChI is InChI=1S/C21H22BrN3O4/c1-3-10-24-17-6-4-5-7-18(17)25(21(24)28)12-20(27)29-13-19(26)23-16-9-8-15(22)11-14(16)2/h4-9,11H,3,10,12-13H2,1-2H3,(H,23,26). The number of para-hydroxylation sites is 2. The maximum atomic E-state index is 12.7. The second-order valence-electron chi connectivity index (χ2n) is 6.68. The highest BCUT2D eigenvalue weighted by molar-refractivity contribution is 9.10. The summed E-state index contributed by atoms with van der Waals surface area (Å²) >= 11 is 3.37. The highest BCUT2D eigenvalue weighted by atomic mass is 79.9. The number of nitrogens with one attached hydrogen (secondary N) is 1. The van der Waals surface area contributed by atoms with Gasteiger partial charge in [0.15, 0.2) is 6.61 Å². The van der Waals surface area contributed by atoms with E-state index < -0.39 is 18.5 Å². The number of benzene rings is 2. The van der Waals surface area contributed by atoms with E-state index in [0.717, 1.165) is 22.0 Å². The first-order valence-electron chi connectivity index (χ1n) is 9.30. The number of nitrogens with zero attached hydrogens (tertiary/aromatic N) is 2. The highest BCUT2D eigenvalue weighted by Crippen LogP contribution is 2.20. The Morgan fingerprint density at radius 3 is 2.45 bits per heavy atom. The van der Waals surface area contributed by atoms with E-state index in [4.69, 9.17) is 4.74 Å². The van der Waals surface area contributed by atoms with E-state index in [1.807, 2.05) is 44.2 Å². The minimum Gasteiger partial charge on any atom is -0.454 e. The van der Waals surface area contributed by atoms with Gasteiger partial charge < -0.3 is 10.1 Å². The third-order valence-electron chi connectivity index (χ3n) is 4.49. The number of hydrogen-bond donors (Lipinski definition) is 1. The van der Waals surface area contributed by atoms with Crippen LogP contribution >= 0.6 is 15.9 Å². The van der Waals surface area contributed by atoms with Crippen molar-refractivity contribution in [2.45, 2.75) is 33.4 Å². The molecule has 1 heterocycles. The molecule has 0 spiro atoms. The monoisotopic (exact) mass is 459 g/mol. The maximum absolute atomic E-state index is 12.7. The molecule has 0 bridgehead atoms. The predicted molar refractivity (Wildman–Crippen MR) is 115 cm³/mol. The number of aromatic nitrogens is 2. The first-order valence-corrected chi connectivity index (χ1v) is 10.1. The largest absolute Gasteiger partial charge is 0.454 e. The van der Waals surface area contributed by atoms with Crippen LogP contribution < -0.4 is 11.0 Å². The van der Waals surface area contributed by atoms with Gasteiger partial charge in [-0.25, -0.2) is 4.79 Å². The van der Waals surface area contributed by atoms with Gasteiger partial charge in [0.25, 0.3) is 5.91 Å². The van der Waals surface area contributed by atoms with Gasteiger partial charge in [-0.05, 0) is 49.2 Å². The minimum atomic E-state index is -0.644. The van der Waals surface area contributed by atoms with Gasteiger partial charge in [0.1, 0.15) is 6.54 Å². The third kappa shape index (κ3) is 4.76. The molecule has 1 aromatic heterocycles. The van der Waals surface area contributed by atoms with Crippen LogP contribution in [0.4, 0.5) is 5.69 Å². The smallest absolute Gasteiger partial charge is 0.329 e. The SMILES string of the molecule is CCCn1c(=O)n(CC(=O)OCC(=O)Nc2ccc(Br)cc2C)c2ccccc21. The summed E-state index contributed by atoms with van der Waals surface area (Å²) in [5, 5.41) is 2.71. The summed E-state index contributed by atoms with van der Waals surface area (Å²) in [5.41, 5.74) is 2.70. The molecule has 0 aliphatic heterocycles. The average molecular weight is 460 g/mol. The highest BCUT2D eigenvalue weighted by Gasteiger charge is 2.16. The lowest BCUT2D eigenvalue weighted by molar-refractivity contribution is -0.147. The van der Waals surface area contributed by atoms with Crippen LogP contribution in [0.3, 0.4) is 0 Å². The van der Waals surface area contributed by atoms with E-state index in [9.17, 15) is 14.4 Å². The Bertz CT molecular complexity index is 1120. The Morgan fingerprint density at radius 1 is 1.10 bits per heavy atom. The Kier molecular flexibility index (Phi) is 6.53. The number of ether oxygens (including phenoxy) is 1. The fourth-order valence-electron chi connectivity index (χ4n) is 3.14. The van der Waals surface area contributed by atoms with Crippen LogP contribution in [-0.2, 0) is 27.4 Å². The molecule has 0 saturated carbocycles. The van der Waals surface area contributed by atoms with Crippen LogP contribution in [0.15, 0.2) is 51.7 Å². The molecule has 0 fully saturated rings. The molecule has 29 heavy (non-hydrogen) atoms. The molecule has 0 atom stereocenters. The van der Waals surface area contributed by atoms with Gasteiger partial charge in [0, 0.05) is 16.7 Å². The molecule has 3 aromatic rings. The molecule has 0 radical (unpaired) electrons. The zero-order valence-corrected chi connectivity index (χ0v) is 17.9. The predicted octanol–water partition coefficient (Wildman–Crippen LogP) is 3.47. The van der Waals surface area contributed by atoms with Crippen molar-refractivity contribution < 1.29 is 14.3 Å².